The number of carbonyl (C=O) groups is 6. The number of hydrogen-bond donors (Lipinski definition) is 5. The first-order valence-corrected chi connectivity index (χ1v) is 14.0. The molecule has 3 rings (SSSR count). The fourth-order valence-corrected chi connectivity index (χ4v) is 5.94. The highest BCUT2D eigenvalue weighted by molar-refractivity contribution is 6.37. The van der Waals surface area contributed by atoms with Crippen LogP contribution in [0, 0.1) is 23.2 Å². The topological polar surface area (TPSA) is 180 Å². The fraction of sp³-hybridized carbons (Fsp3) is 0.714. The molecule has 0 aromatic rings. The van der Waals surface area contributed by atoms with Crippen LogP contribution in [0.4, 0.5) is 4.79 Å². The van der Waals surface area contributed by atoms with Crippen LogP contribution in [0.2, 0.25) is 0 Å². The number of fused-ring (bicyclic) bond motifs is 1. The molecule has 2 aliphatic carbocycles. The number of urea groups is 1. The maximum atomic E-state index is 13.9. The van der Waals surface area contributed by atoms with Gasteiger partial charge < -0.3 is 31.9 Å². The minimum Gasteiger partial charge on any atom is -0.363 e. The predicted molar refractivity (Wildman–Crippen MR) is 147 cm³/mol. The highest BCUT2D eigenvalue weighted by Gasteiger charge is 2.69. The molecule has 5 atom stereocenters. The van der Waals surface area contributed by atoms with Crippen LogP contribution in [0.5, 0.6) is 0 Å². The van der Waals surface area contributed by atoms with Crippen molar-refractivity contribution in [1.29, 1.82) is 0 Å². The van der Waals surface area contributed by atoms with Gasteiger partial charge in [0.05, 0.1) is 6.04 Å². The second-order valence-electron chi connectivity index (χ2n) is 12.9. The van der Waals surface area contributed by atoms with Crippen molar-refractivity contribution in [3.05, 3.63) is 12.7 Å². The number of nitrogens with one attached hydrogen (secondary N) is 4. The van der Waals surface area contributed by atoms with E-state index in [9.17, 15) is 28.8 Å². The van der Waals surface area contributed by atoms with E-state index in [1.54, 1.807) is 20.8 Å². The number of rotatable bonds is 12. The standard InChI is InChI=1S/C28H44N6O6/c1-7-19(35)30-12-11-17(32-26(40)33-27(2,3)4)25(39)34-14-16-20(28(16,5)6)21(34)24(38)31-18(22(36)23(29)37)13-15-9-8-10-15/h7,15-18,20-21H,1,8-14H2,2-6H3,(H2,29,37)(H,30,35)(H,31,38)(H2,32,33,40)/t16?,17-,18?,20-,21?/m0/s1. The maximum Gasteiger partial charge on any atom is 0.315 e. The summed E-state index contributed by atoms with van der Waals surface area (Å²) < 4.78 is 0. The third kappa shape index (κ3) is 7.19. The van der Waals surface area contributed by atoms with Crippen molar-refractivity contribution in [3.63, 3.8) is 0 Å². The van der Waals surface area contributed by atoms with Gasteiger partial charge in [-0.15, -0.1) is 0 Å². The van der Waals surface area contributed by atoms with Crippen molar-refractivity contribution < 1.29 is 28.8 Å². The molecule has 0 bridgehead atoms. The molecule has 0 aromatic heterocycles. The van der Waals surface area contributed by atoms with Crippen LogP contribution in [0.1, 0.15) is 66.7 Å². The number of ketones is 1. The smallest absolute Gasteiger partial charge is 0.315 e. The summed E-state index contributed by atoms with van der Waals surface area (Å²) in [7, 11) is 0. The Hall–Kier alpha value is -3.44. The van der Waals surface area contributed by atoms with Crippen molar-refractivity contribution in [1.82, 2.24) is 26.2 Å². The Morgan fingerprint density at radius 2 is 1.73 bits per heavy atom. The molecular weight excluding hydrogens is 516 g/mol. The number of piperidine rings is 1. The van der Waals surface area contributed by atoms with Crippen molar-refractivity contribution in [3.8, 4) is 0 Å². The lowest BCUT2D eigenvalue weighted by atomic mass is 9.80. The summed E-state index contributed by atoms with van der Waals surface area (Å²) in [6.45, 7) is 13.3. The van der Waals surface area contributed by atoms with Gasteiger partial charge in [0.2, 0.25) is 23.5 Å². The number of carbonyl (C=O) groups excluding carboxylic acids is 6. The lowest BCUT2D eigenvalue weighted by Gasteiger charge is -2.35. The molecule has 1 aliphatic heterocycles. The normalized spacial score (nSPS) is 24.4. The molecule has 3 unspecified atom stereocenters. The van der Waals surface area contributed by atoms with Gasteiger partial charge in [0.25, 0.3) is 5.91 Å². The Morgan fingerprint density at radius 1 is 1.07 bits per heavy atom. The molecule has 1 saturated heterocycles. The second kappa shape index (κ2) is 12.0. The van der Waals surface area contributed by atoms with Crippen LogP contribution in [0.15, 0.2) is 12.7 Å². The Morgan fingerprint density at radius 3 is 2.25 bits per heavy atom. The minimum atomic E-state index is -1.11. The Bertz CT molecular complexity index is 1060. The zero-order chi connectivity index (χ0) is 30.0. The summed E-state index contributed by atoms with van der Waals surface area (Å²) in [4.78, 5) is 77.7. The third-order valence-corrected chi connectivity index (χ3v) is 8.44. The Kier molecular flexibility index (Phi) is 9.31. The maximum absolute atomic E-state index is 13.9. The average molecular weight is 561 g/mol. The van der Waals surface area contributed by atoms with Crippen molar-refractivity contribution in [2.45, 2.75) is 90.4 Å². The number of likely N-dealkylation sites (tertiary alicyclic amines) is 1. The minimum absolute atomic E-state index is 0.0636. The molecule has 6 amide bonds. The van der Waals surface area contributed by atoms with E-state index in [0.29, 0.717) is 13.0 Å². The van der Waals surface area contributed by atoms with Gasteiger partial charge >= 0.3 is 6.03 Å². The average Bonchev–Trinajstić information content (AvgIpc) is 3.15. The van der Waals surface area contributed by atoms with Crippen molar-refractivity contribution in [2.24, 2.45) is 28.9 Å². The van der Waals surface area contributed by atoms with Gasteiger partial charge in [-0.25, -0.2) is 4.79 Å². The fourth-order valence-electron chi connectivity index (χ4n) is 5.94. The molecule has 12 heteroatoms. The van der Waals surface area contributed by atoms with Gasteiger partial charge in [-0.1, -0.05) is 39.7 Å². The van der Waals surface area contributed by atoms with Crippen LogP contribution in [0.25, 0.3) is 0 Å². The number of primary amides is 1. The zero-order valence-corrected chi connectivity index (χ0v) is 24.2. The molecule has 3 fully saturated rings. The lowest BCUT2D eigenvalue weighted by molar-refractivity contribution is -0.143. The van der Waals surface area contributed by atoms with Crippen molar-refractivity contribution in [2.75, 3.05) is 13.1 Å². The second-order valence-corrected chi connectivity index (χ2v) is 12.9. The third-order valence-electron chi connectivity index (χ3n) is 8.44. The number of amides is 6. The zero-order valence-electron chi connectivity index (χ0n) is 24.2. The monoisotopic (exact) mass is 560 g/mol. The molecule has 0 spiro atoms. The van der Waals surface area contributed by atoms with Gasteiger partial charge in [-0.3, -0.25) is 24.0 Å². The van der Waals surface area contributed by atoms with Crippen LogP contribution in [-0.2, 0) is 24.0 Å². The van der Waals surface area contributed by atoms with E-state index in [4.69, 9.17) is 5.73 Å². The number of Topliss-reactive ketones (excluding diaryl/α,β-unsaturated/α-hetero) is 1. The number of hydrogen-bond acceptors (Lipinski definition) is 6. The Balaban J connectivity index is 1.81. The molecule has 3 aliphatic rings. The summed E-state index contributed by atoms with van der Waals surface area (Å²) in [6, 6.07) is -3.51. The van der Waals surface area contributed by atoms with Gasteiger partial charge in [0.1, 0.15) is 12.1 Å². The highest BCUT2D eigenvalue weighted by atomic mass is 16.2. The highest BCUT2D eigenvalue weighted by Crippen LogP contribution is 2.65. The molecule has 0 radical (unpaired) electrons. The predicted octanol–water partition coefficient (Wildman–Crippen LogP) is 0.357. The molecule has 1 heterocycles. The summed E-state index contributed by atoms with van der Waals surface area (Å²) >= 11 is 0. The molecule has 0 aromatic carbocycles. The van der Waals surface area contributed by atoms with E-state index in [-0.39, 0.29) is 36.1 Å². The molecule has 40 heavy (non-hydrogen) atoms. The van der Waals surface area contributed by atoms with E-state index in [2.05, 4.69) is 27.8 Å². The van der Waals surface area contributed by atoms with Crippen LogP contribution in [0.3, 0.4) is 0 Å². The largest absolute Gasteiger partial charge is 0.363 e. The quantitative estimate of drug-likeness (QED) is 0.170. The van der Waals surface area contributed by atoms with Gasteiger partial charge in [-0.2, -0.15) is 0 Å². The van der Waals surface area contributed by atoms with Crippen LogP contribution in [-0.4, -0.2) is 77.1 Å². The first-order valence-electron chi connectivity index (χ1n) is 14.0. The molecule has 6 N–H and O–H groups in total. The van der Waals surface area contributed by atoms with Crippen LogP contribution >= 0.6 is 0 Å². The summed E-state index contributed by atoms with van der Waals surface area (Å²) in [5.41, 5.74) is 4.53. The molecule has 2 saturated carbocycles. The van der Waals surface area contributed by atoms with Gasteiger partial charge in [0, 0.05) is 18.6 Å². The number of nitrogens with zero attached hydrogens (tertiary/aromatic N) is 1. The summed E-state index contributed by atoms with van der Waals surface area (Å²) in [5, 5.41) is 10.8. The van der Waals surface area contributed by atoms with Gasteiger partial charge in [-0.05, 0) is 62.9 Å². The van der Waals surface area contributed by atoms with Crippen molar-refractivity contribution >= 4 is 35.4 Å². The van der Waals surface area contributed by atoms with Crippen LogP contribution < -0.4 is 27.0 Å². The first-order chi connectivity index (χ1) is 18.6. The van der Waals surface area contributed by atoms with E-state index in [1.165, 1.54) is 4.90 Å². The molecule has 12 nitrogen and oxygen atoms in total. The van der Waals surface area contributed by atoms with E-state index < -0.39 is 59.1 Å². The lowest BCUT2D eigenvalue weighted by Crippen LogP contribution is -2.60. The van der Waals surface area contributed by atoms with Gasteiger partial charge in [0.15, 0.2) is 0 Å². The van der Waals surface area contributed by atoms with E-state index in [0.717, 1.165) is 25.3 Å². The number of nitrogens with two attached hydrogens (primary N) is 1. The first kappa shape index (κ1) is 31.1. The van der Waals surface area contributed by atoms with E-state index in [1.807, 2.05) is 13.8 Å². The van der Waals surface area contributed by atoms with E-state index >= 15 is 0 Å². The molecular formula is C28H44N6O6. The summed E-state index contributed by atoms with van der Waals surface area (Å²) in [6.07, 6.45) is 4.38. The summed E-state index contributed by atoms with van der Waals surface area (Å²) in [5.74, 6) is -3.20. The SMILES string of the molecule is C=CC(=O)NCC[C@H](NC(=O)NC(C)(C)C)C(=O)N1CC2[C@@H](C1C(=O)NC(CC1CCC1)C(=O)C(N)=O)C2(C)C. The Labute approximate surface area is 235 Å². The molecule has 222 valence electrons.